The van der Waals surface area contributed by atoms with Gasteiger partial charge in [0.2, 0.25) is 96.4 Å². The number of hydrogen-bond donors (Lipinski definition) is 0. The van der Waals surface area contributed by atoms with Crippen molar-refractivity contribution in [3.63, 3.8) is 0 Å². The minimum Gasteiger partial charge on any atom is -0.468 e. The Morgan fingerprint density at radius 3 is 0.667 bits per heavy atom. The number of carbonyl (C=O) groups is 3. The molecule has 0 aromatic heterocycles. The lowest BCUT2D eigenvalue weighted by molar-refractivity contribution is -0.378. The quantitative estimate of drug-likeness (QED) is 0.0574. The molecule has 32 rings (SSSR count). The molecule has 0 saturated heterocycles. The highest BCUT2D eigenvalue weighted by atomic mass is 19.2. The van der Waals surface area contributed by atoms with Crippen LogP contribution in [0.1, 0.15) is 142 Å². The van der Waals surface area contributed by atoms with Gasteiger partial charge in [0.05, 0.1) is 7.11 Å². The maximum Gasteiger partial charge on any atom is 0.337 e. The summed E-state index contributed by atoms with van der Waals surface area (Å²) >= 11 is 0. The Hall–Kier alpha value is -8.24. The summed E-state index contributed by atoms with van der Waals surface area (Å²) in [5.74, 6) is -7.40. The van der Waals surface area contributed by atoms with Crippen LogP contribution < -0.4 is 0 Å². The lowest BCUT2D eigenvalue weighted by Gasteiger charge is -2.70. The van der Waals surface area contributed by atoms with E-state index in [2.05, 4.69) is 0 Å². The van der Waals surface area contributed by atoms with Crippen molar-refractivity contribution in [2.75, 3.05) is 7.11 Å². The summed E-state index contributed by atoms with van der Waals surface area (Å²) < 4.78 is 400. The molecule has 0 fully saturated rings. The van der Waals surface area contributed by atoms with Crippen LogP contribution in [0.3, 0.4) is 0 Å². The summed E-state index contributed by atoms with van der Waals surface area (Å²) in [4.78, 5) is 50.8. The van der Waals surface area contributed by atoms with Gasteiger partial charge >= 0.3 is 17.9 Å². The molecule has 18 aliphatic rings. The normalized spacial score (nSPS) is 47.0. The Morgan fingerprint density at radius 2 is 0.438 bits per heavy atom. The molecular formula is C73H21F17O6. The Balaban J connectivity index is 1.07. The molecule has 6 nitrogen and oxygen atoms in total. The van der Waals surface area contributed by atoms with Crippen molar-refractivity contribution in [2.45, 2.75) is 155 Å². The Kier molecular flexibility index (Phi) is 4.84. The molecule has 23 heteroatoms. The number of esters is 3. The minimum atomic E-state index is -6.49. The molecule has 0 aliphatic heterocycles. The first-order valence-corrected chi connectivity index (χ1v) is 31.8. The summed E-state index contributed by atoms with van der Waals surface area (Å²) in [5.41, 5.74) is -155. The molecule has 14 aromatic rings. The van der Waals surface area contributed by atoms with Crippen LogP contribution in [0, 0.1) is 5.41 Å². The van der Waals surface area contributed by atoms with Crippen LogP contribution in [-0.4, -0.2) is 53.2 Å². The third kappa shape index (κ3) is 2.31. The molecular weight excluding hydrogens is 1300 g/mol. The molecule has 0 radical (unpaired) electrons. The molecule has 0 saturated carbocycles. The van der Waals surface area contributed by atoms with Crippen molar-refractivity contribution in [1.29, 1.82) is 0 Å². The molecule has 0 amide bonds. The molecule has 468 valence electrons. The third-order valence-corrected chi connectivity index (χ3v) is 30.8. The van der Waals surface area contributed by atoms with Gasteiger partial charge in [-0.2, -0.15) is 0 Å². The Bertz CT molecular complexity index is 6820. The fourth-order valence-electron chi connectivity index (χ4n) is 30.3. The van der Waals surface area contributed by atoms with Gasteiger partial charge in [0.25, 0.3) is 5.41 Å². The number of alkyl halides is 17. The van der Waals surface area contributed by atoms with Crippen molar-refractivity contribution in [3.8, 4) is 0 Å². The van der Waals surface area contributed by atoms with E-state index in [-0.39, 0.29) is 43.1 Å². The van der Waals surface area contributed by atoms with Gasteiger partial charge in [0.1, 0.15) is 16.6 Å². The second kappa shape index (κ2) is 9.75. The van der Waals surface area contributed by atoms with Gasteiger partial charge in [-0.3, -0.25) is 14.4 Å². The molecule has 0 N–H and O–H groups in total. The predicted octanol–water partition coefficient (Wildman–Crippen LogP) is 16.0. The molecule has 16 unspecified atom stereocenters. The van der Waals surface area contributed by atoms with Gasteiger partial charge in [0, 0.05) is 89.0 Å². The van der Waals surface area contributed by atoms with E-state index in [1.807, 2.05) is 0 Å². The second-order valence-electron chi connectivity index (χ2n) is 33.9. The van der Waals surface area contributed by atoms with Crippen molar-refractivity contribution in [1.82, 2.24) is 0 Å². The van der Waals surface area contributed by atoms with Gasteiger partial charge in [-0.15, -0.1) is 0 Å². The number of ether oxygens (including phenoxy) is 3. The largest absolute Gasteiger partial charge is 0.468 e. The van der Waals surface area contributed by atoms with E-state index in [1.54, 1.807) is 0 Å². The maximum absolute atomic E-state index is 24.0. The SMILES string of the molecule is COC(=O)C(C(=O)OC(C)(C)C)(C(=O)OC(C)(C)C)C12c3c4c5c6c7c8c9c%10c%11c%12c%13c%14c%15c%16c%17c%18c%19c(c1c1c3c3c5c8c5c8c9c%12c%15c8c8c%16c%19c1c8c35)C1(F)C%18(F)C3(F)c5c8c9c%12c%15c5C1(F)C2(F)C%15(F)C4(F)C6(F)C%12(F)C(F)(C%107F)C9(F)C%11(F)C%13(F)C8(F)C3(F)C%14%17F. The highest BCUT2D eigenvalue weighted by molar-refractivity contribution is 6.68. The lowest BCUT2D eigenvalue weighted by atomic mass is 9.33. The van der Waals surface area contributed by atoms with Crippen LogP contribution in [0.2, 0.25) is 0 Å². The molecule has 18 aliphatic carbocycles. The lowest BCUT2D eigenvalue weighted by Crippen LogP contribution is -2.89. The average Bonchev–Trinajstić information content (AvgIpc) is 1.34. The maximum atomic E-state index is 24.0. The summed E-state index contributed by atoms with van der Waals surface area (Å²) in [6, 6.07) is 0. The predicted molar refractivity (Wildman–Crippen MR) is 299 cm³/mol. The smallest absolute Gasteiger partial charge is 0.337 e. The summed E-state index contributed by atoms with van der Waals surface area (Å²) in [6.45, 7) is 6.59. The number of benzene rings is 11. The van der Waals surface area contributed by atoms with Crippen LogP contribution in [0.25, 0.3) is 129 Å². The zero-order chi connectivity index (χ0) is 65.6. The van der Waals surface area contributed by atoms with E-state index in [9.17, 15) is 0 Å². The van der Waals surface area contributed by atoms with Crippen LogP contribution in [0.5, 0.6) is 0 Å². The molecule has 0 bridgehead atoms. The fourth-order valence-corrected chi connectivity index (χ4v) is 30.3. The Labute approximate surface area is 515 Å². The van der Waals surface area contributed by atoms with Crippen LogP contribution >= 0.6 is 0 Å². The summed E-state index contributed by atoms with van der Waals surface area (Å²) in [6.07, 6.45) is 0. The average molecular weight is 1320 g/mol. The third-order valence-electron chi connectivity index (χ3n) is 30.8. The molecule has 16 atom stereocenters. The highest BCUT2D eigenvalue weighted by Crippen LogP contribution is 3.07. The van der Waals surface area contributed by atoms with Crippen molar-refractivity contribution in [2.24, 2.45) is 5.41 Å². The van der Waals surface area contributed by atoms with E-state index >= 15 is 89.0 Å². The Morgan fingerprint density at radius 1 is 0.240 bits per heavy atom. The number of methoxy groups -OCH3 is 1. The van der Waals surface area contributed by atoms with Gasteiger partial charge in [-0.25, -0.2) is 74.6 Å². The number of halogens is 17. The van der Waals surface area contributed by atoms with E-state index < -0.39 is 323 Å². The zero-order valence-corrected chi connectivity index (χ0v) is 48.9. The molecule has 14 aromatic carbocycles. The minimum absolute atomic E-state index is 0.132. The van der Waals surface area contributed by atoms with E-state index in [0.29, 0.717) is 7.11 Å². The van der Waals surface area contributed by atoms with Crippen LogP contribution in [0.4, 0.5) is 74.6 Å². The topological polar surface area (TPSA) is 78.9 Å². The first kappa shape index (κ1) is 47.6. The summed E-state index contributed by atoms with van der Waals surface area (Å²) in [5, 5.41) is -13.4. The van der Waals surface area contributed by atoms with Gasteiger partial charge < -0.3 is 14.2 Å². The first-order chi connectivity index (χ1) is 44.7. The molecule has 96 heavy (non-hydrogen) atoms. The molecule has 0 heterocycles. The van der Waals surface area contributed by atoms with Gasteiger partial charge in [0.15, 0.2) is 0 Å². The standard InChI is InChI=1S/C73H21F17O6/c1-53(2,3)95-51(92)55(50(91)94-7,52(93)96-54(4,5)6)56-32-23-14-8-9-11-13-12-10(8)16-20(14)29-38(32)59(76)61(78)40(29)34-25(16)27-18(12)22-19(13)28-26-17(11)21-15(9)24(23)33(56)39-30(21)41-35(26)58(75)37(28)43-31(22)42-36(27)57(34,74)72(89)67(61,84)46-44-45-47-49-48(46)69(72,86)63(42,80)64(43,81)70(49,87)73(58,90)68(47,85)62(41,79)60(39,77)66(45,83)71(56,88)65(44,59)82/h1-7H3. The van der Waals surface area contributed by atoms with Crippen molar-refractivity contribution < 1.29 is 103 Å². The number of rotatable bonds is 4. The second-order valence-corrected chi connectivity index (χ2v) is 33.9. The van der Waals surface area contributed by atoms with Crippen molar-refractivity contribution in [3.05, 3.63) is 100 Å². The van der Waals surface area contributed by atoms with E-state index in [0.717, 1.165) is 41.5 Å². The summed E-state index contributed by atoms with van der Waals surface area (Å²) in [7, 11) is 0.449. The van der Waals surface area contributed by atoms with E-state index in [1.165, 1.54) is 0 Å². The number of carbonyl (C=O) groups excluding carboxylic acids is 3. The van der Waals surface area contributed by atoms with Crippen LogP contribution in [-0.2, 0) is 113 Å². The molecule has 0 spiro atoms. The zero-order valence-electron chi connectivity index (χ0n) is 48.9. The van der Waals surface area contributed by atoms with E-state index in [4.69, 9.17) is 14.2 Å². The monoisotopic (exact) mass is 1320 g/mol. The van der Waals surface area contributed by atoms with Crippen molar-refractivity contribution >= 4 is 147 Å². The highest BCUT2D eigenvalue weighted by Gasteiger charge is 3.19. The first-order valence-electron chi connectivity index (χ1n) is 31.8. The van der Waals surface area contributed by atoms with Gasteiger partial charge in [-0.05, 0) is 182 Å². The van der Waals surface area contributed by atoms with Crippen LogP contribution in [0.15, 0.2) is 0 Å². The fraction of sp³-hybridized carbons (Fsp3) is 0.384. The number of hydrogen-bond acceptors (Lipinski definition) is 6. The van der Waals surface area contributed by atoms with Gasteiger partial charge in [-0.1, -0.05) is 0 Å².